The molecular formula is C15H20N2O3. The van der Waals surface area contributed by atoms with Gasteiger partial charge in [-0.3, -0.25) is 4.79 Å². The summed E-state index contributed by atoms with van der Waals surface area (Å²) >= 11 is 0. The monoisotopic (exact) mass is 276 g/mol. The molecule has 108 valence electrons. The fourth-order valence-corrected chi connectivity index (χ4v) is 2.55. The molecule has 0 radical (unpaired) electrons. The SMILES string of the molecule is Cc1ccc(C(N)C(=O)N2CCCC[C@H]2C(=O)O)cc1. The molecule has 1 saturated heterocycles. The Morgan fingerprint density at radius 3 is 2.55 bits per heavy atom. The number of likely N-dealkylation sites (tertiary alicyclic amines) is 1. The van der Waals surface area contributed by atoms with Crippen molar-refractivity contribution in [3.8, 4) is 0 Å². The van der Waals surface area contributed by atoms with Crippen LogP contribution in [0.3, 0.4) is 0 Å². The van der Waals surface area contributed by atoms with E-state index in [1.807, 2.05) is 31.2 Å². The maximum Gasteiger partial charge on any atom is 0.326 e. The van der Waals surface area contributed by atoms with Crippen LogP contribution in [-0.2, 0) is 9.59 Å². The van der Waals surface area contributed by atoms with E-state index >= 15 is 0 Å². The molecule has 20 heavy (non-hydrogen) atoms. The molecule has 1 amide bonds. The van der Waals surface area contributed by atoms with Gasteiger partial charge < -0.3 is 15.7 Å². The summed E-state index contributed by atoms with van der Waals surface area (Å²) in [7, 11) is 0. The average molecular weight is 276 g/mol. The van der Waals surface area contributed by atoms with E-state index in [1.54, 1.807) is 0 Å². The van der Waals surface area contributed by atoms with Crippen molar-refractivity contribution in [1.82, 2.24) is 4.90 Å². The molecule has 1 aromatic carbocycles. The van der Waals surface area contributed by atoms with Crippen molar-refractivity contribution in [2.24, 2.45) is 5.73 Å². The maximum absolute atomic E-state index is 12.4. The van der Waals surface area contributed by atoms with E-state index < -0.39 is 18.1 Å². The molecule has 0 bridgehead atoms. The number of amides is 1. The lowest BCUT2D eigenvalue weighted by Gasteiger charge is -2.34. The van der Waals surface area contributed by atoms with Gasteiger partial charge in [-0.2, -0.15) is 0 Å². The maximum atomic E-state index is 12.4. The second-order valence-electron chi connectivity index (χ2n) is 5.27. The standard InChI is InChI=1S/C15H20N2O3/c1-10-5-7-11(8-6-10)13(16)14(18)17-9-3-2-4-12(17)15(19)20/h5-8,12-13H,2-4,9,16H2,1H3,(H,19,20)/t12-,13?/m0/s1. The van der Waals surface area contributed by atoms with Crippen molar-refractivity contribution in [1.29, 1.82) is 0 Å². The van der Waals surface area contributed by atoms with Crippen LogP contribution in [0.4, 0.5) is 0 Å². The van der Waals surface area contributed by atoms with E-state index in [1.165, 1.54) is 4.90 Å². The number of carboxylic acids is 1. The van der Waals surface area contributed by atoms with Crippen LogP contribution >= 0.6 is 0 Å². The molecule has 1 aliphatic heterocycles. The Balaban J connectivity index is 2.16. The number of piperidine rings is 1. The Morgan fingerprint density at radius 1 is 1.30 bits per heavy atom. The number of nitrogens with two attached hydrogens (primary N) is 1. The van der Waals surface area contributed by atoms with Crippen LogP contribution in [0.25, 0.3) is 0 Å². The number of carbonyl (C=O) groups excluding carboxylic acids is 1. The van der Waals surface area contributed by atoms with Gasteiger partial charge in [-0.25, -0.2) is 4.79 Å². The molecule has 5 heteroatoms. The fraction of sp³-hybridized carbons (Fsp3) is 0.467. The highest BCUT2D eigenvalue weighted by molar-refractivity contribution is 5.88. The van der Waals surface area contributed by atoms with Crippen LogP contribution in [0, 0.1) is 6.92 Å². The number of benzene rings is 1. The quantitative estimate of drug-likeness (QED) is 0.875. The van der Waals surface area contributed by atoms with Crippen molar-refractivity contribution in [2.75, 3.05) is 6.54 Å². The van der Waals surface area contributed by atoms with Crippen LogP contribution in [0.2, 0.25) is 0 Å². The molecule has 0 aromatic heterocycles. The fourth-order valence-electron chi connectivity index (χ4n) is 2.55. The molecule has 0 saturated carbocycles. The van der Waals surface area contributed by atoms with Gasteiger partial charge in [0.2, 0.25) is 5.91 Å². The smallest absolute Gasteiger partial charge is 0.326 e. The van der Waals surface area contributed by atoms with Gasteiger partial charge in [0.15, 0.2) is 0 Å². The first kappa shape index (κ1) is 14.5. The summed E-state index contributed by atoms with van der Waals surface area (Å²) in [5, 5.41) is 9.21. The lowest BCUT2D eigenvalue weighted by Crippen LogP contribution is -2.50. The molecule has 1 heterocycles. The minimum absolute atomic E-state index is 0.305. The van der Waals surface area contributed by atoms with E-state index in [2.05, 4.69) is 0 Å². The van der Waals surface area contributed by atoms with Gasteiger partial charge in [0.05, 0.1) is 0 Å². The molecule has 3 N–H and O–H groups in total. The van der Waals surface area contributed by atoms with Crippen LogP contribution < -0.4 is 5.73 Å². The summed E-state index contributed by atoms with van der Waals surface area (Å²) in [6.07, 6.45) is 2.17. The van der Waals surface area contributed by atoms with Gasteiger partial charge in [0.25, 0.3) is 0 Å². The normalized spacial score (nSPS) is 20.5. The van der Waals surface area contributed by atoms with E-state index in [4.69, 9.17) is 5.73 Å². The number of hydrogen-bond donors (Lipinski definition) is 2. The predicted molar refractivity (Wildman–Crippen MR) is 75.1 cm³/mol. The summed E-state index contributed by atoms with van der Waals surface area (Å²) in [6, 6.07) is 5.89. The third kappa shape index (κ3) is 2.99. The summed E-state index contributed by atoms with van der Waals surface area (Å²) < 4.78 is 0. The molecule has 5 nitrogen and oxygen atoms in total. The predicted octanol–water partition coefficient (Wildman–Crippen LogP) is 1.46. The molecule has 2 atom stereocenters. The first-order valence-electron chi connectivity index (χ1n) is 6.86. The third-order valence-corrected chi connectivity index (χ3v) is 3.77. The first-order chi connectivity index (χ1) is 9.50. The molecule has 1 fully saturated rings. The number of carboxylic acid groups (broad SMARTS) is 1. The van der Waals surface area contributed by atoms with E-state index in [0.29, 0.717) is 13.0 Å². The van der Waals surface area contributed by atoms with Crippen LogP contribution in [0.5, 0.6) is 0 Å². The molecule has 1 unspecified atom stereocenters. The molecule has 2 rings (SSSR count). The second kappa shape index (κ2) is 6.05. The van der Waals surface area contributed by atoms with Gasteiger partial charge in [-0.1, -0.05) is 29.8 Å². The largest absolute Gasteiger partial charge is 0.480 e. The van der Waals surface area contributed by atoms with Crippen molar-refractivity contribution in [3.05, 3.63) is 35.4 Å². The highest BCUT2D eigenvalue weighted by Crippen LogP contribution is 2.22. The van der Waals surface area contributed by atoms with Gasteiger partial charge in [0, 0.05) is 6.54 Å². The number of carbonyl (C=O) groups is 2. The molecule has 1 aliphatic rings. The zero-order valence-electron chi connectivity index (χ0n) is 11.6. The van der Waals surface area contributed by atoms with Gasteiger partial charge in [0.1, 0.15) is 12.1 Å². The Labute approximate surface area is 118 Å². The van der Waals surface area contributed by atoms with Crippen molar-refractivity contribution < 1.29 is 14.7 Å². The highest BCUT2D eigenvalue weighted by Gasteiger charge is 2.34. The summed E-state index contributed by atoms with van der Waals surface area (Å²) in [4.78, 5) is 25.1. The lowest BCUT2D eigenvalue weighted by atomic mass is 9.99. The van der Waals surface area contributed by atoms with Gasteiger partial charge in [-0.15, -0.1) is 0 Å². The second-order valence-corrected chi connectivity index (χ2v) is 5.27. The Bertz CT molecular complexity index is 498. The summed E-state index contributed by atoms with van der Waals surface area (Å²) in [5.41, 5.74) is 7.81. The molecule has 0 spiro atoms. The van der Waals surface area contributed by atoms with Gasteiger partial charge >= 0.3 is 5.97 Å². The van der Waals surface area contributed by atoms with Crippen LogP contribution in [0.1, 0.15) is 36.4 Å². The number of aliphatic carboxylic acids is 1. The van der Waals surface area contributed by atoms with Crippen molar-refractivity contribution in [2.45, 2.75) is 38.3 Å². The van der Waals surface area contributed by atoms with E-state index in [-0.39, 0.29) is 5.91 Å². The number of aryl methyl sites for hydroxylation is 1. The molecule has 0 aliphatic carbocycles. The van der Waals surface area contributed by atoms with Crippen molar-refractivity contribution in [3.63, 3.8) is 0 Å². The van der Waals surface area contributed by atoms with Crippen molar-refractivity contribution >= 4 is 11.9 Å². The minimum atomic E-state index is -0.950. The summed E-state index contributed by atoms with van der Waals surface area (Å²) in [5.74, 6) is -1.25. The van der Waals surface area contributed by atoms with Gasteiger partial charge in [-0.05, 0) is 31.7 Å². The summed E-state index contributed by atoms with van der Waals surface area (Å²) in [6.45, 7) is 2.43. The lowest BCUT2D eigenvalue weighted by molar-refractivity contribution is -0.152. The average Bonchev–Trinajstić information content (AvgIpc) is 2.46. The van der Waals surface area contributed by atoms with E-state index in [9.17, 15) is 14.7 Å². The molecular weight excluding hydrogens is 256 g/mol. The Hall–Kier alpha value is -1.88. The minimum Gasteiger partial charge on any atom is -0.480 e. The van der Waals surface area contributed by atoms with E-state index in [0.717, 1.165) is 24.0 Å². The number of hydrogen-bond acceptors (Lipinski definition) is 3. The number of nitrogens with zero attached hydrogens (tertiary/aromatic N) is 1. The third-order valence-electron chi connectivity index (χ3n) is 3.77. The topological polar surface area (TPSA) is 83.6 Å². The first-order valence-corrected chi connectivity index (χ1v) is 6.86. The number of rotatable bonds is 3. The molecule has 1 aromatic rings. The zero-order chi connectivity index (χ0) is 14.7. The zero-order valence-corrected chi connectivity index (χ0v) is 11.6. The Kier molecular flexibility index (Phi) is 4.39. The van der Waals surface area contributed by atoms with Crippen LogP contribution in [0.15, 0.2) is 24.3 Å². The highest BCUT2D eigenvalue weighted by atomic mass is 16.4. The Morgan fingerprint density at radius 2 is 1.95 bits per heavy atom. The van der Waals surface area contributed by atoms with Crippen LogP contribution in [-0.4, -0.2) is 34.5 Å².